The van der Waals surface area contributed by atoms with E-state index < -0.39 is 0 Å². The summed E-state index contributed by atoms with van der Waals surface area (Å²) in [5.74, 6) is -0.0183. The van der Waals surface area contributed by atoms with Crippen LogP contribution in [0.25, 0.3) is 20.4 Å². The number of aryl methyl sites for hydroxylation is 1. The highest BCUT2D eigenvalue weighted by Gasteiger charge is 2.23. The molecule has 0 spiro atoms. The molecule has 0 aliphatic carbocycles. The summed E-state index contributed by atoms with van der Waals surface area (Å²) in [6, 6.07) is 11.9. The number of para-hydroxylation sites is 1. The van der Waals surface area contributed by atoms with Gasteiger partial charge in [0, 0.05) is 31.7 Å². The Hall–Kier alpha value is -2.39. The Kier molecular flexibility index (Phi) is 5.47. The molecule has 1 aliphatic rings. The van der Waals surface area contributed by atoms with E-state index in [2.05, 4.69) is 28.9 Å². The van der Waals surface area contributed by atoms with Crippen molar-refractivity contribution in [2.75, 3.05) is 44.3 Å². The Bertz CT molecular complexity index is 1200. The molecule has 154 valence electrons. The molecule has 1 saturated heterocycles. The third kappa shape index (κ3) is 3.83. The second kappa shape index (κ2) is 8.39. The predicted octanol–water partition coefficient (Wildman–Crippen LogP) is 4.19. The van der Waals surface area contributed by atoms with E-state index in [-0.39, 0.29) is 5.91 Å². The van der Waals surface area contributed by atoms with Crippen molar-refractivity contribution in [2.45, 2.75) is 6.92 Å². The van der Waals surface area contributed by atoms with Crippen LogP contribution in [0.3, 0.4) is 0 Å². The lowest BCUT2D eigenvalue weighted by molar-refractivity contribution is 0.0391. The first-order valence-electron chi connectivity index (χ1n) is 10.0. The summed E-state index contributed by atoms with van der Waals surface area (Å²) in [5, 5.41) is 0.752. The molecule has 5 rings (SSSR count). The van der Waals surface area contributed by atoms with Crippen LogP contribution in [0.15, 0.2) is 41.9 Å². The molecule has 6 nitrogen and oxygen atoms in total. The molecular formula is C22H22N4O2S2. The minimum absolute atomic E-state index is 0.0183. The van der Waals surface area contributed by atoms with Crippen molar-refractivity contribution >= 4 is 54.1 Å². The topological polar surface area (TPSA) is 58.6 Å². The maximum Gasteiger partial charge on any atom is 0.260 e. The van der Waals surface area contributed by atoms with E-state index in [0.29, 0.717) is 12.1 Å². The molecule has 1 amide bonds. The number of carbonyl (C=O) groups is 1. The van der Waals surface area contributed by atoms with Gasteiger partial charge in [-0.05, 0) is 36.8 Å². The largest absolute Gasteiger partial charge is 0.379 e. The van der Waals surface area contributed by atoms with Gasteiger partial charge in [0.25, 0.3) is 5.91 Å². The fourth-order valence-corrected chi connectivity index (χ4v) is 5.47. The highest BCUT2D eigenvalue weighted by atomic mass is 32.1. The van der Waals surface area contributed by atoms with Crippen LogP contribution < -0.4 is 4.90 Å². The number of carbonyl (C=O) groups excluding carboxylic acids is 1. The number of hydrogen-bond donors (Lipinski definition) is 0. The Morgan fingerprint density at radius 2 is 2.07 bits per heavy atom. The normalized spacial score (nSPS) is 15.1. The summed E-state index contributed by atoms with van der Waals surface area (Å²) >= 11 is 3.13. The maximum atomic E-state index is 13.6. The maximum absolute atomic E-state index is 13.6. The number of benzene rings is 2. The zero-order valence-electron chi connectivity index (χ0n) is 16.7. The van der Waals surface area contributed by atoms with E-state index in [0.717, 1.165) is 64.0 Å². The average molecular weight is 439 g/mol. The molecule has 4 aromatic rings. The van der Waals surface area contributed by atoms with Crippen molar-refractivity contribution in [2.24, 2.45) is 0 Å². The molecule has 1 aliphatic heterocycles. The Labute approximate surface area is 182 Å². The van der Waals surface area contributed by atoms with E-state index in [1.54, 1.807) is 22.7 Å². The van der Waals surface area contributed by atoms with Crippen LogP contribution >= 0.6 is 22.7 Å². The van der Waals surface area contributed by atoms with E-state index in [1.807, 2.05) is 34.7 Å². The van der Waals surface area contributed by atoms with Gasteiger partial charge < -0.3 is 4.74 Å². The summed E-state index contributed by atoms with van der Waals surface area (Å²) in [5.41, 5.74) is 5.50. The Morgan fingerprint density at radius 3 is 2.90 bits per heavy atom. The van der Waals surface area contributed by atoms with Gasteiger partial charge in [-0.25, -0.2) is 9.97 Å². The van der Waals surface area contributed by atoms with Gasteiger partial charge in [0.15, 0.2) is 5.13 Å². The first-order valence-corrected chi connectivity index (χ1v) is 11.7. The Balaban J connectivity index is 1.48. The van der Waals surface area contributed by atoms with Crippen LogP contribution in [0, 0.1) is 6.92 Å². The number of nitrogens with zero attached hydrogens (tertiary/aromatic N) is 4. The van der Waals surface area contributed by atoms with Gasteiger partial charge in [-0.1, -0.05) is 23.5 Å². The second-order valence-electron chi connectivity index (χ2n) is 7.36. The highest BCUT2D eigenvalue weighted by molar-refractivity contribution is 7.22. The number of aromatic nitrogens is 2. The number of morpholine rings is 1. The zero-order chi connectivity index (χ0) is 20.5. The van der Waals surface area contributed by atoms with E-state index in [4.69, 9.17) is 9.72 Å². The molecule has 1 fully saturated rings. The van der Waals surface area contributed by atoms with Crippen molar-refractivity contribution in [1.82, 2.24) is 14.9 Å². The Morgan fingerprint density at radius 1 is 1.20 bits per heavy atom. The van der Waals surface area contributed by atoms with Crippen LogP contribution in [0.1, 0.15) is 15.9 Å². The van der Waals surface area contributed by atoms with Gasteiger partial charge in [-0.2, -0.15) is 0 Å². The number of hydrogen-bond acceptors (Lipinski definition) is 7. The summed E-state index contributed by atoms with van der Waals surface area (Å²) < 4.78 is 7.58. The smallest absolute Gasteiger partial charge is 0.260 e. The van der Waals surface area contributed by atoms with Crippen LogP contribution in [0.5, 0.6) is 0 Å². The minimum Gasteiger partial charge on any atom is -0.379 e. The molecule has 0 saturated carbocycles. The number of rotatable bonds is 5. The number of fused-ring (bicyclic) bond motifs is 2. The summed E-state index contributed by atoms with van der Waals surface area (Å²) in [6.45, 7) is 6.74. The lowest BCUT2D eigenvalue weighted by atomic mass is 10.2. The van der Waals surface area contributed by atoms with E-state index >= 15 is 0 Å². The number of ether oxygens (including phenoxy) is 1. The fraction of sp³-hybridized carbons (Fsp3) is 0.318. The summed E-state index contributed by atoms with van der Waals surface area (Å²) in [7, 11) is 0. The molecule has 0 bridgehead atoms. The van der Waals surface area contributed by atoms with Crippen LogP contribution in [0.4, 0.5) is 5.13 Å². The molecule has 8 heteroatoms. The predicted molar refractivity (Wildman–Crippen MR) is 123 cm³/mol. The zero-order valence-corrected chi connectivity index (χ0v) is 18.3. The van der Waals surface area contributed by atoms with Crippen LogP contribution in [-0.2, 0) is 4.74 Å². The van der Waals surface area contributed by atoms with Gasteiger partial charge in [0.2, 0.25) is 0 Å². The van der Waals surface area contributed by atoms with Crippen molar-refractivity contribution < 1.29 is 9.53 Å². The average Bonchev–Trinajstić information content (AvgIpc) is 3.41. The van der Waals surface area contributed by atoms with E-state index in [9.17, 15) is 4.79 Å². The molecule has 2 aromatic carbocycles. The number of amides is 1. The molecule has 3 heterocycles. The van der Waals surface area contributed by atoms with Crippen LogP contribution in [0.2, 0.25) is 0 Å². The lowest BCUT2D eigenvalue weighted by Gasteiger charge is -2.29. The molecule has 0 unspecified atom stereocenters. The third-order valence-corrected chi connectivity index (χ3v) is 7.24. The highest BCUT2D eigenvalue weighted by Crippen LogP contribution is 2.32. The molecule has 2 aromatic heterocycles. The van der Waals surface area contributed by atoms with Gasteiger partial charge in [0.1, 0.15) is 0 Å². The first-order chi connectivity index (χ1) is 14.7. The standard InChI is InChI=1S/C22H22N4O2S2/c1-15-3-2-4-18-20(15)24-22(30-18)26(8-7-25-9-11-28-12-10-25)21(27)16-5-6-17-19(13-16)29-14-23-17/h2-6,13-14H,7-12H2,1H3. The van der Waals surface area contributed by atoms with Crippen LogP contribution in [-0.4, -0.2) is 60.2 Å². The van der Waals surface area contributed by atoms with Gasteiger partial charge in [-0.3, -0.25) is 14.6 Å². The van der Waals surface area contributed by atoms with Crippen molar-refractivity contribution in [3.63, 3.8) is 0 Å². The quantitative estimate of drug-likeness (QED) is 0.468. The number of anilines is 1. The molecule has 0 atom stereocenters. The molecule has 0 N–H and O–H groups in total. The monoisotopic (exact) mass is 438 g/mol. The SMILES string of the molecule is Cc1cccc2sc(N(CCN3CCOCC3)C(=O)c3ccc4ncsc4c3)nc12. The first kappa shape index (κ1) is 19.6. The van der Waals surface area contributed by atoms with E-state index in [1.165, 1.54) is 0 Å². The van der Waals surface area contributed by atoms with Crippen molar-refractivity contribution in [1.29, 1.82) is 0 Å². The summed E-state index contributed by atoms with van der Waals surface area (Å²) in [6.07, 6.45) is 0. The third-order valence-electron chi connectivity index (χ3n) is 5.41. The van der Waals surface area contributed by atoms with Gasteiger partial charge in [0.05, 0.1) is 39.2 Å². The second-order valence-corrected chi connectivity index (χ2v) is 9.26. The molecule has 0 radical (unpaired) electrons. The minimum atomic E-state index is -0.0183. The summed E-state index contributed by atoms with van der Waals surface area (Å²) in [4.78, 5) is 26.9. The fourth-order valence-electron chi connectivity index (χ4n) is 3.68. The van der Waals surface area contributed by atoms with Gasteiger partial charge in [-0.15, -0.1) is 11.3 Å². The van der Waals surface area contributed by atoms with Crippen molar-refractivity contribution in [3.8, 4) is 0 Å². The van der Waals surface area contributed by atoms with Gasteiger partial charge >= 0.3 is 0 Å². The molecule has 30 heavy (non-hydrogen) atoms. The lowest BCUT2D eigenvalue weighted by Crippen LogP contribution is -2.43. The van der Waals surface area contributed by atoms with Crippen molar-refractivity contribution in [3.05, 3.63) is 53.0 Å². The molecular weight excluding hydrogens is 416 g/mol. The number of thiazole rings is 2.